The smallest absolute Gasteiger partial charge is 0.313 e. The third kappa shape index (κ3) is 3.37. The Balaban J connectivity index is 1.44. The summed E-state index contributed by atoms with van der Waals surface area (Å²) in [5.74, 6) is -3.18. The number of aliphatic hydroxyl groups is 1. The summed E-state index contributed by atoms with van der Waals surface area (Å²) >= 11 is 0. The van der Waals surface area contributed by atoms with Gasteiger partial charge in [0.25, 0.3) is 5.91 Å². The van der Waals surface area contributed by atoms with Crippen LogP contribution < -0.4 is 0 Å². The van der Waals surface area contributed by atoms with Crippen LogP contribution in [0.4, 0.5) is 0 Å². The minimum absolute atomic E-state index is 0.110. The Bertz CT molecular complexity index is 1340. The fourth-order valence-electron chi connectivity index (χ4n) is 6.35. The molecule has 6 atom stereocenters. The van der Waals surface area contributed by atoms with Crippen molar-refractivity contribution in [2.24, 2.45) is 11.8 Å². The Labute approximate surface area is 213 Å². The quantitative estimate of drug-likeness (QED) is 0.472. The van der Waals surface area contributed by atoms with Crippen LogP contribution in [0.1, 0.15) is 20.3 Å². The van der Waals surface area contributed by atoms with Crippen LogP contribution in [-0.2, 0) is 30.5 Å². The molecular formula is C26H29N5O6. The molecule has 1 unspecified atom stereocenters. The van der Waals surface area contributed by atoms with Crippen molar-refractivity contribution < 1.29 is 29.0 Å². The minimum Gasteiger partial charge on any atom is -0.465 e. The molecule has 0 bridgehead atoms. The Morgan fingerprint density at radius 1 is 1.14 bits per heavy atom. The summed E-state index contributed by atoms with van der Waals surface area (Å²) in [7, 11) is 0. The summed E-state index contributed by atoms with van der Waals surface area (Å²) < 4.78 is 13.8. The molecule has 11 heteroatoms. The third-order valence-corrected chi connectivity index (χ3v) is 8.00. The molecule has 1 N–H and O–H groups in total. The largest absolute Gasteiger partial charge is 0.465 e. The van der Waals surface area contributed by atoms with Crippen LogP contribution in [0.5, 0.6) is 0 Å². The standard InChI is InChI=1S/C26H29N5O6/c1-16(14-32)31-21-23(34)29(15-30-18-9-4-3-8-17(18)27-28-30)12-7-11-26(21)19(22(31)33)20-24(35)36-13-6-5-10-25(20,2)37-26/h3-5,7-11,16,19-21,32H,6,12-15H2,1-2H3/t16-,19+,20-,21?,25+,26+/m1/s1. The lowest BCUT2D eigenvalue weighted by Gasteiger charge is -2.39. The summed E-state index contributed by atoms with van der Waals surface area (Å²) in [4.78, 5) is 44.5. The molecule has 2 fully saturated rings. The number of esters is 1. The number of likely N-dealkylation sites (tertiary alicyclic amines) is 1. The molecule has 194 valence electrons. The summed E-state index contributed by atoms with van der Waals surface area (Å²) in [6.45, 7) is 3.67. The van der Waals surface area contributed by atoms with Crippen molar-refractivity contribution in [1.29, 1.82) is 0 Å². The highest BCUT2D eigenvalue weighted by molar-refractivity contribution is 5.99. The molecular weight excluding hydrogens is 478 g/mol. The van der Waals surface area contributed by atoms with Gasteiger partial charge in [-0.1, -0.05) is 41.7 Å². The highest BCUT2D eigenvalue weighted by atomic mass is 16.6. The lowest BCUT2D eigenvalue weighted by Crippen LogP contribution is -2.58. The van der Waals surface area contributed by atoms with Crippen molar-refractivity contribution >= 4 is 28.8 Å². The molecule has 2 saturated heterocycles. The number of carbonyl (C=O) groups is 3. The number of nitrogens with zero attached hydrogens (tertiary/aromatic N) is 5. The molecule has 0 saturated carbocycles. The monoisotopic (exact) mass is 507 g/mol. The van der Waals surface area contributed by atoms with Crippen LogP contribution in [0, 0.1) is 11.8 Å². The van der Waals surface area contributed by atoms with Crippen molar-refractivity contribution in [1.82, 2.24) is 24.8 Å². The summed E-state index contributed by atoms with van der Waals surface area (Å²) in [6.07, 6.45) is 7.81. The van der Waals surface area contributed by atoms with Gasteiger partial charge in [0.05, 0.1) is 36.3 Å². The molecule has 1 aromatic carbocycles. The Morgan fingerprint density at radius 3 is 2.76 bits per heavy atom. The van der Waals surface area contributed by atoms with Gasteiger partial charge in [0.2, 0.25) is 5.91 Å². The van der Waals surface area contributed by atoms with E-state index in [0.29, 0.717) is 11.9 Å². The van der Waals surface area contributed by atoms with E-state index in [9.17, 15) is 19.5 Å². The third-order valence-electron chi connectivity index (χ3n) is 8.00. The zero-order valence-corrected chi connectivity index (χ0v) is 20.7. The molecule has 1 spiro atoms. The zero-order chi connectivity index (χ0) is 25.9. The van der Waals surface area contributed by atoms with Crippen molar-refractivity contribution in [3.8, 4) is 0 Å². The van der Waals surface area contributed by atoms with Gasteiger partial charge in [0.15, 0.2) is 0 Å². The number of hydrogen-bond acceptors (Lipinski definition) is 8. The van der Waals surface area contributed by atoms with E-state index in [2.05, 4.69) is 10.3 Å². The van der Waals surface area contributed by atoms with Gasteiger partial charge in [-0.2, -0.15) is 0 Å². The molecule has 6 rings (SSSR count). The first-order valence-corrected chi connectivity index (χ1v) is 12.5. The molecule has 2 amide bonds. The first-order chi connectivity index (χ1) is 17.8. The number of cyclic esters (lactones) is 1. The topological polar surface area (TPSA) is 127 Å². The van der Waals surface area contributed by atoms with Crippen molar-refractivity contribution in [3.05, 3.63) is 48.6 Å². The maximum Gasteiger partial charge on any atom is 0.313 e. The van der Waals surface area contributed by atoms with Gasteiger partial charge in [-0.15, -0.1) is 5.10 Å². The number of para-hydroxylation sites is 1. The molecule has 0 aliphatic carbocycles. The lowest BCUT2D eigenvalue weighted by atomic mass is 9.74. The van der Waals surface area contributed by atoms with Crippen LogP contribution in [0.15, 0.2) is 48.6 Å². The fourth-order valence-corrected chi connectivity index (χ4v) is 6.35. The number of rotatable bonds is 4. The molecule has 2 aromatic rings. The number of carbonyl (C=O) groups excluding carboxylic acids is 3. The van der Waals surface area contributed by atoms with Gasteiger partial charge in [0.1, 0.15) is 29.7 Å². The second-order valence-electron chi connectivity index (χ2n) is 10.3. The minimum atomic E-state index is -1.40. The summed E-state index contributed by atoms with van der Waals surface area (Å²) in [6, 6.07) is 5.71. The molecule has 1 aromatic heterocycles. The number of fused-ring (bicyclic) bond motifs is 3. The highest BCUT2D eigenvalue weighted by Gasteiger charge is 2.75. The molecule has 0 radical (unpaired) electrons. The second-order valence-corrected chi connectivity index (χ2v) is 10.3. The van der Waals surface area contributed by atoms with Crippen LogP contribution in [-0.4, -0.2) is 90.7 Å². The van der Waals surface area contributed by atoms with E-state index in [4.69, 9.17) is 9.47 Å². The zero-order valence-electron chi connectivity index (χ0n) is 20.7. The molecule has 5 heterocycles. The maximum absolute atomic E-state index is 14.3. The van der Waals surface area contributed by atoms with E-state index < -0.39 is 47.0 Å². The van der Waals surface area contributed by atoms with Gasteiger partial charge < -0.3 is 24.4 Å². The first-order valence-electron chi connectivity index (χ1n) is 12.5. The van der Waals surface area contributed by atoms with Gasteiger partial charge in [0, 0.05) is 6.54 Å². The predicted molar refractivity (Wildman–Crippen MR) is 129 cm³/mol. The molecule has 11 nitrogen and oxygen atoms in total. The molecule has 4 aliphatic heterocycles. The maximum atomic E-state index is 14.3. The number of aliphatic hydroxyl groups excluding tert-OH is 1. The van der Waals surface area contributed by atoms with Gasteiger partial charge in [-0.25, -0.2) is 4.68 Å². The summed E-state index contributed by atoms with van der Waals surface area (Å²) in [5.41, 5.74) is -1.05. The first kappa shape index (κ1) is 23.8. The molecule has 37 heavy (non-hydrogen) atoms. The number of hydrogen-bond donors (Lipinski definition) is 1. The van der Waals surface area contributed by atoms with Crippen LogP contribution >= 0.6 is 0 Å². The van der Waals surface area contributed by atoms with E-state index in [1.165, 1.54) is 4.90 Å². The highest BCUT2D eigenvalue weighted by Crippen LogP contribution is 2.57. The van der Waals surface area contributed by atoms with Crippen LogP contribution in [0.25, 0.3) is 11.0 Å². The van der Waals surface area contributed by atoms with Gasteiger partial charge >= 0.3 is 5.97 Å². The second kappa shape index (κ2) is 8.49. The number of ether oxygens (including phenoxy) is 2. The van der Waals surface area contributed by atoms with Crippen molar-refractivity contribution in [2.45, 2.75) is 50.2 Å². The van der Waals surface area contributed by atoms with Crippen molar-refractivity contribution in [3.63, 3.8) is 0 Å². The average molecular weight is 508 g/mol. The Kier molecular flexibility index (Phi) is 5.46. The number of amides is 2. The van der Waals surface area contributed by atoms with E-state index in [0.717, 1.165) is 5.52 Å². The van der Waals surface area contributed by atoms with Crippen LogP contribution in [0.3, 0.4) is 0 Å². The average Bonchev–Trinajstić information content (AvgIpc) is 3.44. The van der Waals surface area contributed by atoms with E-state index in [1.807, 2.05) is 42.5 Å². The number of aromatic nitrogens is 3. The number of benzene rings is 1. The van der Waals surface area contributed by atoms with E-state index >= 15 is 0 Å². The lowest BCUT2D eigenvalue weighted by molar-refractivity contribution is -0.162. The Hall–Kier alpha value is -3.57. The van der Waals surface area contributed by atoms with E-state index in [-0.39, 0.29) is 32.3 Å². The van der Waals surface area contributed by atoms with Gasteiger partial charge in [-0.3, -0.25) is 14.4 Å². The van der Waals surface area contributed by atoms with Crippen molar-refractivity contribution in [2.75, 3.05) is 19.8 Å². The SMILES string of the molecule is C[C@H](CO)N1C(=O)[C@@H]2[C@@H]3C(=O)OCCC=C[C@]3(C)O[C@@]23C=CCN(Cn2nnc4ccccc42)C(=O)C13. The van der Waals surface area contributed by atoms with Crippen LogP contribution in [0.2, 0.25) is 0 Å². The van der Waals surface area contributed by atoms with E-state index in [1.54, 1.807) is 29.5 Å². The summed E-state index contributed by atoms with van der Waals surface area (Å²) in [5, 5.41) is 18.4. The fraction of sp³-hybridized carbons (Fsp3) is 0.500. The molecule has 4 aliphatic rings. The van der Waals surface area contributed by atoms with Gasteiger partial charge in [-0.05, 0) is 32.4 Å². The predicted octanol–water partition coefficient (Wildman–Crippen LogP) is 0.642. The normalized spacial score (nSPS) is 34.0. The Morgan fingerprint density at radius 2 is 1.95 bits per heavy atom.